The number of hydrogen-bond acceptors (Lipinski definition) is 1. The predicted molar refractivity (Wildman–Crippen MR) is 94.8 cm³/mol. The van der Waals surface area contributed by atoms with Crippen molar-refractivity contribution in [3.63, 3.8) is 0 Å². The number of aryl methyl sites for hydroxylation is 1. The molecule has 0 aliphatic rings. The maximum absolute atomic E-state index is 12.2. The fourth-order valence-electron chi connectivity index (χ4n) is 2.01. The highest BCUT2D eigenvalue weighted by molar-refractivity contribution is 9.11. The number of halogens is 2. The van der Waals surface area contributed by atoms with E-state index >= 15 is 0 Å². The van der Waals surface area contributed by atoms with Crippen LogP contribution in [0, 0.1) is 0 Å². The minimum Gasteiger partial charge on any atom is -0.322 e. The van der Waals surface area contributed by atoms with Gasteiger partial charge in [0.25, 0.3) is 5.91 Å². The van der Waals surface area contributed by atoms with E-state index in [0.29, 0.717) is 5.56 Å². The Hall–Kier alpha value is -1.13. The molecular formula is C17H17Br2NO. The van der Waals surface area contributed by atoms with Crippen LogP contribution >= 0.6 is 31.9 Å². The van der Waals surface area contributed by atoms with Crippen molar-refractivity contribution in [1.82, 2.24) is 0 Å². The SMILES string of the molecule is CCCCc1ccc(NC(=O)c2ccc(Br)cc2Br)cc1. The molecule has 1 N–H and O–H groups in total. The fourth-order valence-corrected chi connectivity index (χ4v) is 3.23. The number of amides is 1. The third kappa shape index (κ3) is 4.68. The molecule has 0 aliphatic carbocycles. The average molecular weight is 411 g/mol. The summed E-state index contributed by atoms with van der Waals surface area (Å²) in [6.45, 7) is 2.19. The van der Waals surface area contributed by atoms with Crippen molar-refractivity contribution in [2.45, 2.75) is 26.2 Å². The van der Waals surface area contributed by atoms with Gasteiger partial charge in [0, 0.05) is 14.6 Å². The molecule has 1 amide bonds. The lowest BCUT2D eigenvalue weighted by atomic mass is 10.1. The largest absolute Gasteiger partial charge is 0.322 e. The summed E-state index contributed by atoms with van der Waals surface area (Å²) in [6.07, 6.45) is 3.47. The highest BCUT2D eigenvalue weighted by atomic mass is 79.9. The molecule has 2 rings (SSSR count). The first kappa shape index (κ1) is 16.2. The molecule has 0 unspecified atom stereocenters. The summed E-state index contributed by atoms with van der Waals surface area (Å²) < 4.78 is 1.71. The number of anilines is 1. The van der Waals surface area contributed by atoms with Gasteiger partial charge in [-0.1, -0.05) is 41.4 Å². The van der Waals surface area contributed by atoms with Crippen molar-refractivity contribution < 1.29 is 4.79 Å². The van der Waals surface area contributed by atoms with Gasteiger partial charge in [0.1, 0.15) is 0 Å². The Morgan fingerprint density at radius 1 is 1.10 bits per heavy atom. The maximum atomic E-state index is 12.2. The van der Waals surface area contributed by atoms with E-state index < -0.39 is 0 Å². The molecule has 0 radical (unpaired) electrons. The van der Waals surface area contributed by atoms with Crippen LogP contribution in [0.1, 0.15) is 35.7 Å². The number of unbranched alkanes of at least 4 members (excludes halogenated alkanes) is 1. The molecule has 110 valence electrons. The van der Waals surface area contributed by atoms with E-state index in [1.54, 1.807) is 6.07 Å². The highest BCUT2D eigenvalue weighted by Crippen LogP contribution is 2.23. The zero-order chi connectivity index (χ0) is 15.2. The number of nitrogens with one attached hydrogen (secondary N) is 1. The van der Waals surface area contributed by atoms with E-state index in [9.17, 15) is 4.79 Å². The van der Waals surface area contributed by atoms with Crippen molar-refractivity contribution in [2.75, 3.05) is 5.32 Å². The molecule has 0 aromatic heterocycles. The molecule has 0 saturated carbocycles. The Labute approximate surface area is 142 Å². The van der Waals surface area contributed by atoms with E-state index in [1.165, 1.54) is 18.4 Å². The van der Waals surface area contributed by atoms with Crippen LogP contribution in [0.15, 0.2) is 51.4 Å². The first-order valence-electron chi connectivity index (χ1n) is 6.95. The Balaban J connectivity index is 2.05. The smallest absolute Gasteiger partial charge is 0.256 e. The van der Waals surface area contributed by atoms with Crippen LogP contribution in [0.25, 0.3) is 0 Å². The zero-order valence-corrected chi connectivity index (χ0v) is 15.0. The molecule has 4 heteroatoms. The molecule has 2 aromatic carbocycles. The van der Waals surface area contributed by atoms with Crippen molar-refractivity contribution in [2.24, 2.45) is 0 Å². The minimum atomic E-state index is -0.115. The lowest BCUT2D eigenvalue weighted by molar-refractivity contribution is 0.102. The summed E-state index contributed by atoms with van der Waals surface area (Å²) in [4.78, 5) is 12.2. The van der Waals surface area contributed by atoms with E-state index in [2.05, 4.69) is 56.2 Å². The van der Waals surface area contributed by atoms with E-state index in [-0.39, 0.29) is 5.91 Å². The molecule has 21 heavy (non-hydrogen) atoms. The second-order valence-electron chi connectivity index (χ2n) is 4.88. The second kappa shape index (κ2) is 7.76. The number of carbonyl (C=O) groups is 1. The predicted octanol–water partition coefficient (Wildman–Crippen LogP) is 5.81. The lowest BCUT2D eigenvalue weighted by Gasteiger charge is -2.08. The van der Waals surface area contributed by atoms with Gasteiger partial charge in [-0.2, -0.15) is 0 Å². The maximum Gasteiger partial charge on any atom is 0.256 e. The minimum absolute atomic E-state index is 0.115. The standard InChI is InChI=1S/C17H17Br2NO/c1-2-3-4-12-5-8-14(9-6-12)20-17(21)15-10-7-13(18)11-16(15)19/h5-11H,2-4H2,1H3,(H,20,21). The van der Waals surface area contributed by atoms with Gasteiger partial charge in [-0.25, -0.2) is 0 Å². The van der Waals surface area contributed by atoms with Crippen molar-refractivity contribution in [1.29, 1.82) is 0 Å². The van der Waals surface area contributed by atoms with Crippen LogP contribution in [-0.2, 0) is 6.42 Å². The van der Waals surface area contributed by atoms with Crippen molar-refractivity contribution in [3.8, 4) is 0 Å². The van der Waals surface area contributed by atoms with Gasteiger partial charge in [0.2, 0.25) is 0 Å². The highest BCUT2D eigenvalue weighted by Gasteiger charge is 2.10. The van der Waals surface area contributed by atoms with Crippen molar-refractivity contribution in [3.05, 3.63) is 62.5 Å². The first-order chi connectivity index (χ1) is 10.1. The van der Waals surface area contributed by atoms with Gasteiger partial charge in [-0.3, -0.25) is 4.79 Å². The molecular weight excluding hydrogens is 394 g/mol. The number of hydrogen-bond donors (Lipinski definition) is 1. The Bertz CT molecular complexity index is 623. The summed E-state index contributed by atoms with van der Waals surface area (Å²) in [5.74, 6) is -0.115. The topological polar surface area (TPSA) is 29.1 Å². The summed E-state index contributed by atoms with van der Waals surface area (Å²) >= 11 is 6.79. The summed E-state index contributed by atoms with van der Waals surface area (Å²) in [5, 5.41) is 2.92. The third-order valence-corrected chi connectivity index (χ3v) is 4.36. The lowest BCUT2D eigenvalue weighted by Crippen LogP contribution is -2.12. The van der Waals surface area contributed by atoms with Gasteiger partial charge >= 0.3 is 0 Å². The molecule has 0 fully saturated rings. The Kier molecular flexibility index (Phi) is 6.00. The summed E-state index contributed by atoms with van der Waals surface area (Å²) in [7, 11) is 0. The van der Waals surface area contributed by atoms with Crippen LogP contribution in [0.4, 0.5) is 5.69 Å². The number of rotatable bonds is 5. The van der Waals surface area contributed by atoms with Crippen LogP contribution in [0.5, 0.6) is 0 Å². The van der Waals surface area contributed by atoms with Crippen molar-refractivity contribution >= 4 is 43.5 Å². The molecule has 2 aromatic rings. The van der Waals surface area contributed by atoms with Gasteiger partial charge < -0.3 is 5.32 Å². The van der Waals surface area contributed by atoms with E-state index in [0.717, 1.165) is 21.1 Å². The zero-order valence-electron chi connectivity index (χ0n) is 11.8. The molecule has 2 nitrogen and oxygen atoms in total. The third-order valence-electron chi connectivity index (χ3n) is 3.21. The second-order valence-corrected chi connectivity index (χ2v) is 6.65. The average Bonchev–Trinajstić information content (AvgIpc) is 2.46. The van der Waals surface area contributed by atoms with Crippen LogP contribution in [0.3, 0.4) is 0 Å². The van der Waals surface area contributed by atoms with Gasteiger partial charge in [-0.15, -0.1) is 0 Å². The summed E-state index contributed by atoms with van der Waals surface area (Å²) in [5.41, 5.74) is 2.74. The first-order valence-corrected chi connectivity index (χ1v) is 8.54. The Morgan fingerprint density at radius 3 is 2.43 bits per heavy atom. The van der Waals surface area contributed by atoms with Crippen LogP contribution in [0.2, 0.25) is 0 Å². The van der Waals surface area contributed by atoms with Gasteiger partial charge in [0.15, 0.2) is 0 Å². The van der Waals surface area contributed by atoms with E-state index in [4.69, 9.17) is 0 Å². The van der Waals surface area contributed by atoms with Gasteiger partial charge in [0.05, 0.1) is 5.56 Å². The normalized spacial score (nSPS) is 10.4. The molecule has 0 heterocycles. The summed E-state index contributed by atoms with van der Waals surface area (Å²) in [6, 6.07) is 13.6. The molecule has 0 aliphatic heterocycles. The monoisotopic (exact) mass is 409 g/mol. The molecule has 0 atom stereocenters. The number of carbonyl (C=O) groups excluding carboxylic acids is 1. The Morgan fingerprint density at radius 2 is 1.81 bits per heavy atom. The van der Waals surface area contributed by atoms with Gasteiger partial charge in [-0.05, 0) is 64.7 Å². The molecule has 0 saturated heterocycles. The molecule has 0 bridgehead atoms. The van der Waals surface area contributed by atoms with E-state index in [1.807, 2.05) is 24.3 Å². The fraction of sp³-hybridized carbons (Fsp3) is 0.235. The van der Waals surface area contributed by atoms with Crippen LogP contribution < -0.4 is 5.32 Å². The molecule has 0 spiro atoms. The number of benzene rings is 2. The quantitative estimate of drug-likeness (QED) is 0.662. The van der Waals surface area contributed by atoms with Crippen LogP contribution in [-0.4, -0.2) is 5.91 Å².